The quantitative estimate of drug-likeness (QED) is 0.781. The van der Waals surface area contributed by atoms with Gasteiger partial charge in [-0.25, -0.2) is 4.39 Å². The predicted octanol–water partition coefficient (Wildman–Crippen LogP) is 3.28. The van der Waals surface area contributed by atoms with Gasteiger partial charge >= 0.3 is 0 Å². The lowest BCUT2D eigenvalue weighted by Gasteiger charge is -2.09. The minimum atomic E-state index is -0.377. The van der Waals surface area contributed by atoms with E-state index in [0.29, 0.717) is 10.0 Å². The summed E-state index contributed by atoms with van der Waals surface area (Å²) in [7, 11) is 0. The van der Waals surface area contributed by atoms with Crippen LogP contribution in [0.15, 0.2) is 22.7 Å². The monoisotopic (exact) mass is 244 g/mol. The van der Waals surface area contributed by atoms with Crippen LogP contribution < -0.4 is 0 Å². The van der Waals surface area contributed by atoms with Gasteiger partial charge in [0.25, 0.3) is 0 Å². The molecule has 0 bridgehead atoms. The van der Waals surface area contributed by atoms with Gasteiger partial charge in [0.05, 0.1) is 4.47 Å². The lowest BCUT2D eigenvalue weighted by atomic mass is 9.97. The summed E-state index contributed by atoms with van der Waals surface area (Å²) in [5.74, 6) is -0.750. The third kappa shape index (κ3) is 2.15. The molecule has 0 amide bonds. The van der Waals surface area contributed by atoms with E-state index < -0.39 is 0 Å². The third-order valence-corrected chi connectivity index (χ3v) is 2.67. The maximum absolute atomic E-state index is 13.4. The summed E-state index contributed by atoms with van der Waals surface area (Å²) < 4.78 is 13.8. The van der Waals surface area contributed by atoms with Crippen molar-refractivity contribution in [2.45, 2.75) is 19.8 Å². The van der Waals surface area contributed by atoms with Crippen molar-refractivity contribution in [2.75, 3.05) is 0 Å². The Kier molecular flexibility index (Phi) is 3.20. The van der Waals surface area contributed by atoms with Gasteiger partial charge in [0, 0.05) is 5.92 Å². The fourth-order valence-corrected chi connectivity index (χ4v) is 1.46. The van der Waals surface area contributed by atoms with Crippen LogP contribution in [0.25, 0.3) is 0 Å². The molecule has 0 aliphatic heterocycles. The minimum Gasteiger partial charge on any atom is -0.299 e. The summed E-state index contributed by atoms with van der Waals surface area (Å²) >= 11 is 3.08. The molecule has 0 N–H and O–H groups in total. The zero-order valence-corrected chi connectivity index (χ0v) is 9.06. The minimum absolute atomic E-state index is 0.0306. The molecule has 3 heteroatoms. The van der Waals surface area contributed by atoms with Crippen molar-refractivity contribution in [3.63, 3.8) is 0 Å². The molecule has 0 spiro atoms. The Morgan fingerprint density at radius 3 is 2.69 bits per heavy atom. The number of benzene rings is 1. The largest absolute Gasteiger partial charge is 0.299 e. The highest BCUT2D eigenvalue weighted by Gasteiger charge is 2.16. The molecular weight excluding hydrogens is 235 g/mol. The molecule has 1 unspecified atom stereocenters. The van der Waals surface area contributed by atoms with Crippen LogP contribution in [0.4, 0.5) is 4.39 Å². The molecule has 0 aromatic heterocycles. The van der Waals surface area contributed by atoms with E-state index in [0.717, 1.165) is 0 Å². The van der Waals surface area contributed by atoms with Gasteiger partial charge in [-0.15, -0.1) is 0 Å². The molecule has 0 saturated carbocycles. The molecular formula is C10H10BrFO. The number of Topliss-reactive ketones (excluding diaryl/α,β-unsaturated/α-hetero) is 1. The highest BCUT2D eigenvalue weighted by Crippen LogP contribution is 2.25. The number of ketones is 1. The fraction of sp³-hybridized carbons (Fsp3) is 0.300. The van der Waals surface area contributed by atoms with Gasteiger partial charge in [-0.05, 0) is 34.5 Å². The zero-order valence-electron chi connectivity index (χ0n) is 7.47. The van der Waals surface area contributed by atoms with Gasteiger partial charge < -0.3 is 0 Å². The molecule has 13 heavy (non-hydrogen) atoms. The van der Waals surface area contributed by atoms with E-state index in [1.807, 2.05) is 0 Å². The first-order valence-electron chi connectivity index (χ1n) is 3.98. The molecule has 0 saturated heterocycles. The number of hydrogen-bond acceptors (Lipinski definition) is 1. The van der Waals surface area contributed by atoms with Crippen molar-refractivity contribution in [1.82, 2.24) is 0 Å². The van der Waals surface area contributed by atoms with E-state index in [-0.39, 0.29) is 17.5 Å². The Bertz CT molecular complexity index is 336. The molecule has 0 aliphatic carbocycles. The van der Waals surface area contributed by atoms with E-state index in [9.17, 15) is 9.18 Å². The smallest absolute Gasteiger partial charge is 0.141 e. The molecule has 0 aliphatic rings. The topological polar surface area (TPSA) is 17.1 Å². The number of carbonyl (C=O) groups excluding carboxylic acids is 1. The highest BCUT2D eigenvalue weighted by molar-refractivity contribution is 9.10. The van der Waals surface area contributed by atoms with Crippen LogP contribution in [0.1, 0.15) is 25.3 Å². The van der Waals surface area contributed by atoms with Crippen LogP contribution in [0.3, 0.4) is 0 Å². The van der Waals surface area contributed by atoms with Crippen molar-refractivity contribution in [1.29, 1.82) is 0 Å². The van der Waals surface area contributed by atoms with Crippen molar-refractivity contribution in [3.8, 4) is 0 Å². The van der Waals surface area contributed by atoms with Crippen LogP contribution in [0.2, 0.25) is 0 Å². The van der Waals surface area contributed by atoms with Crippen LogP contribution in [-0.2, 0) is 4.79 Å². The van der Waals surface area contributed by atoms with E-state index in [4.69, 9.17) is 0 Å². The normalized spacial score (nSPS) is 12.6. The molecule has 0 heterocycles. The summed E-state index contributed by atoms with van der Waals surface area (Å²) in [5.41, 5.74) is 0.446. The van der Waals surface area contributed by atoms with Crippen LogP contribution >= 0.6 is 15.9 Å². The maximum Gasteiger partial charge on any atom is 0.141 e. The van der Waals surface area contributed by atoms with Gasteiger partial charge in [0.2, 0.25) is 0 Å². The molecule has 1 rings (SSSR count). The average molecular weight is 245 g/mol. The van der Waals surface area contributed by atoms with Crippen molar-refractivity contribution >= 4 is 21.7 Å². The second-order valence-corrected chi connectivity index (χ2v) is 3.83. The van der Waals surface area contributed by atoms with Crippen molar-refractivity contribution in [3.05, 3.63) is 34.1 Å². The van der Waals surface area contributed by atoms with E-state index >= 15 is 0 Å². The maximum atomic E-state index is 13.4. The molecule has 1 nitrogen and oxygen atoms in total. The van der Waals surface area contributed by atoms with Gasteiger partial charge in [0.15, 0.2) is 0 Å². The van der Waals surface area contributed by atoms with Crippen molar-refractivity contribution in [2.24, 2.45) is 0 Å². The Balaban J connectivity index is 3.15. The zero-order chi connectivity index (χ0) is 10.0. The molecule has 70 valence electrons. The number of carbonyl (C=O) groups is 1. The number of halogens is 2. The SMILES string of the molecule is CC(=O)C(C)c1cccc(Br)c1F. The van der Waals surface area contributed by atoms with Crippen LogP contribution in [0, 0.1) is 5.82 Å². The Hall–Kier alpha value is -0.700. The van der Waals surface area contributed by atoms with Crippen LogP contribution in [0.5, 0.6) is 0 Å². The molecule has 1 aromatic carbocycles. The summed E-state index contributed by atoms with van der Waals surface area (Å²) in [5, 5.41) is 0. The molecule has 1 atom stereocenters. The average Bonchev–Trinajstić information content (AvgIpc) is 2.08. The predicted molar refractivity (Wildman–Crippen MR) is 53.2 cm³/mol. The second kappa shape index (κ2) is 4.01. The first kappa shape index (κ1) is 10.4. The molecule has 0 fully saturated rings. The fourth-order valence-electron chi connectivity index (χ4n) is 1.07. The lowest BCUT2D eigenvalue weighted by molar-refractivity contribution is -0.118. The van der Waals surface area contributed by atoms with Gasteiger partial charge in [0.1, 0.15) is 11.6 Å². The Labute approximate surface area is 85.1 Å². The first-order chi connectivity index (χ1) is 6.04. The number of hydrogen-bond donors (Lipinski definition) is 0. The van der Waals surface area contributed by atoms with E-state index in [2.05, 4.69) is 15.9 Å². The highest BCUT2D eigenvalue weighted by atomic mass is 79.9. The van der Waals surface area contributed by atoms with Gasteiger partial charge in [-0.1, -0.05) is 19.1 Å². The van der Waals surface area contributed by atoms with E-state index in [1.165, 1.54) is 6.92 Å². The van der Waals surface area contributed by atoms with E-state index in [1.54, 1.807) is 25.1 Å². The first-order valence-corrected chi connectivity index (χ1v) is 4.77. The summed E-state index contributed by atoms with van der Waals surface area (Å²) in [6.07, 6.45) is 0. The molecule has 0 radical (unpaired) electrons. The second-order valence-electron chi connectivity index (χ2n) is 2.98. The Morgan fingerprint density at radius 1 is 1.54 bits per heavy atom. The summed E-state index contributed by atoms with van der Waals surface area (Å²) in [6, 6.07) is 4.97. The Morgan fingerprint density at radius 2 is 2.15 bits per heavy atom. The summed E-state index contributed by atoms with van der Waals surface area (Å²) in [4.78, 5) is 11.0. The lowest BCUT2D eigenvalue weighted by Crippen LogP contribution is -2.06. The van der Waals surface area contributed by atoms with Crippen LogP contribution in [-0.4, -0.2) is 5.78 Å². The summed E-state index contributed by atoms with van der Waals surface area (Å²) in [6.45, 7) is 3.16. The molecule has 1 aromatic rings. The van der Waals surface area contributed by atoms with Gasteiger partial charge in [-0.3, -0.25) is 4.79 Å². The van der Waals surface area contributed by atoms with Crippen molar-refractivity contribution < 1.29 is 9.18 Å². The standard InChI is InChI=1S/C10H10BrFO/c1-6(7(2)13)8-4-3-5-9(11)10(8)12/h3-6H,1-2H3. The third-order valence-electron chi connectivity index (χ3n) is 2.06. The van der Waals surface area contributed by atoms with Gasteiger partial charge in [-0.2, -0.15) is 0 Å². The number of rotatable bonds is 2.